The maximum absolute atomic E-state index is 13.3. The van der Waals surface area contributed by atoms with Crippen molar-refractivity contribution in [3.63, 3.8) is 0 Å². The summed E-state index contributed by atoms with van der Waals surface area (Å²) in [5.41, 5.74) is 0.816. The van der Waals surface area contributed by atoms with Crippen LogP contribution in [0.5, 0.6) is 0 Å². The third-order valence-corrected chi connectivity index (χ3v) is 5.84. The van der Waals surface area contributed by atoms with Gasteiger partial charge in [-0.25, -0.2) is 0 Å². The van der Waals surface area contributed by atoms with Crippen molar-refractivity contribution in [3.05, 3.63) is 77.4 Å². The Kier molecular flexibility index (Phi) is 6.29. The summed E-state index contributed by atoms with van der Waals surface area (Å²) < 4.78 is 40.0. The van der Waals surface area contributed by atoms with Gasteiger partial charge in [-0.15, -0.1) is 0 Å². The molecule has 0 saturated heterocycles. The van der Waals surface area contributed by atoms with Gasteiger partial charge in [-0.3, -0.25) is 4.90 Å². The molecule has 0 aromatic heterocycles. The van der Waals surface area contributed by atoms with Crippen molar-refractivity contribution in [2.45, 2.75) is 44.3 Å². The van der Waals surface area contributed by atoms with Crippen molar-refractivity contribution < 1.29 is 13.2 Å². The monoisotopic (exact) mass is 387 g/mol. The maximum Gasteiger partial charge on any atom is 0.416 e. The molecule has 1 aliphatic rings. The standard InChI is InChI=1S/C24H28F3N/c1-3-23(28(2)18-20-14-15-20,16-8-11-19-9-5-4-6-10-19)21-12-7-13-22(17-21)24(25,26)27/h4-13,17,20H,3,14-16,18H2,1-2H3. The lowest BCUT2D eigenvalue weighted by molar-refractivity contribution is -0.137. The van der Waals surface area contributed by atoms with Gasteiger partial charge in [0.05, 0.1) is 5.56 Å². The van der Waals surface area contributed by atoms with Gasteiger partial charge in [0.2, 0.25) is 0 Å². The first kappa shape index (κ1) is 20.7. The molecule has 1 nitrogen and oxygen atoms in total. The van der Waals surface area contributed by atoms with E-state index in [0.717, 1.165) is 30.2 Å². The van der Waals surface area contributed by atoms with Gasteiger partial charge < -0.3 is 0 Å². The molecule has 1 unspecified atom stereocenters. The van der Waals surface area contributed by atoms with Crippen LogP contribution in [0.1, 0.15) is 49.3 Å². The number of nitrogens with zero attached hydrogens (tertiary/aromatic N) is 1. The van der Waals surface area contributed by atoms with Crippen LogP contribution < -0.4 is 0 Å². The molecule has 0 bridgehead atoms. The van der Waals surface area contributed by atoms with Crippen LogP contribution in [-0.2, 0) is 11.7 Å². The lowest BCUT2D eigenvalue weighted by atomic mass is 9.81. The molecular weight excluding hydrogens is 359 g/mol. The number of halogens is 3. The lowest BCUT2D eigenvalue weighted by Gasteiger charge is -2.42. The quantitative estimate of drug-likeness (QED) is 0.484. The summed E-state index contributed by atoms with van der Waals surface area (Å²) in [7, 11) is 2.05. The van der Waals surface area contributed by atoms with Gasteiger partial charge >= 0.3 is 6.18 Å². The zero-order valence-corrected chi connectivity index (χ0v) is 16.5. The minimum absolute atomic E-state index is 0.449. The van der Waals surface area contributed by atoms with Gasteiger partial charge in [-0.05, 0) is 61.9 Å². The Morgan fingerprint density at radius 3 is 2.29 bits per heavy atom. The van der Waals surface area contributed by atoms with Crippen LogP contribution in [0, 0.1) is 5.92 Å². The summed E-state index contributed by atoms with van der Waals surface area (Å²) in [6.07, 6.45) is 3.68. The molecule has 1 aliphatic carbocycles. The average Bonchev–Trinajstić information content (AvgIpc) is 3.49. The van der Waals surface area contributed by atoms with E-state index in [1.54, 1.807) is 0 Å². The zero-order valence-electron chi connectivity index (χ0n) is 16.5. The molecule has 1 saturated carbocycles. The number of benzene rings is 2. The average molecular weight is 387 g/mol. The number of hydrogen-bond acceptors (Lipinski definition) is 1. The van der Waals surface area contributed by atoms with E-state index in [1.807, 2.05) is 36.4 Å². The van der Waals surface area contributed by atoms with E-state index in [9.17, 15) is 13.2 Å². The van der Waals surface area contributed by atoms with E-state index >= 15 is 0 Å². The molecule has 2 aromatic carbocycles. The van der Waals surface area contributed by atoms with Gasteiger partial charge in [0.1, 0.15) is 0 Å². The molecule has 2 aromatic rings. The van der Waals surface area contributed by atoms with Crippen LogP contribution >= 0.6 is 0 Å². The second kappa shape index (κ2) is 8.52. The fourth-order valence-corrected chi connectivity index (χ4v) is 3.91. The van der Waals surface area contributed by atoms with Crippen LogP contribution in [0.4, 0.5) is 13.2 Å². The molecule has 0 N–H and O–H groups in total. The van der Waals surface area contributed by atoms with Gasteiger partial charge in [0.15, 0.2) is 0 Å². The number of hydrogen-bond donors (Lipinski definition) is 0. The first-order chi connectivity index (χ1) is 13.3. The number of rotatable bonds is 8. The zero-order chi connectivity index (χ0) is 20.2. The molecule has 0 amide bonds. The van der Waals surface area contributed by atoms with Gasteiger partial charge in [0.25, 0.3) is 0 Å². The molecular formula is C24H28F3N. The SMILES string of the molecule is CCC(CC=Cc1ccccc1)(c1cccc(C(F)(F)F)c1)N(C)CC1CC1. The highest BCUT2D eigenvalue weighted by molar-refractivity contribution is 5.49. The maximum atomic E-state index is 13.3. The van der Waals surface area contributed by atoms with Crippen LogP contribution in [-0.4, -0.2) is 18.5 Å². The highest BCUT2D eigenvalue weighted by Gasteiger charge is 2.38. The minimum Gasteiger partial charge on any atom is -0.296 e. The van der Waals surface area contributed by atoms with Crippen molar-refractivity contribution in [3.8, 4) is 0 Å². The molecule has 0 radical (unpaired) electrons. The predicted octanol–water partition coefficient (Wildman–Crippen LogP) is 6.76. The Bertz CT molecular complexity index is 793. The summed E-state index contributed by atoms with van der Waals surface area (Å²) >= 11 is 0. The second-order valence-electron chi connectivity index (χ2n) is 7.80. The van der Waals surface area contributed by atoms with E-state index in [-0.39, 0.29) is 0 Å². The van der Waals surface area contributed by atoms with Crippen LogP contribution in [0.25, 0.3) is 6.08 Å². The van der Waals surface area contributed by atoms with E-state index in [0.29, 0.717) is 12.3 Å². The highest BCUT2D eigenvalue weighted by Crippen LogP contribution is 2.41. The van der Waals surface area contributed by atoms with Crippen molar-refractivity contribution in [2.75, 3.05) is 13.6 Å². The molecule has 28 heavy (non-hydrogen) atoms. The molecule has 3 rings (SSSR count). The van der Waals surface area contributed by atoms with Crippen molar-refractivity contribution in [2.24, 2.45) is 5.92 Å². The third kappa shape index (κ3) is 4.85. The summed E-state index contributed by atoms with van der Waals surface area (Å²) in [6.45, 7) is 2.99. The van der Waals surface area contributed by atoms with Crippen molar-refractivity contribution in [1.29, 1.82) is 0 Å². The van der Waals surface area contributed by atoms with E-state index in [2.05, 4.69) is 31.0 Å². The summed E-state index contributed by atoms with van der Waals surface area (Å²) in [4.78, 5) is 2.27. The van der Waals surface area contributed by atoms with Crippen LogP contribution in [0.15, 0.2) is 60.7 Å². The van der Waals surface area contributed by atoms with Gasteiger partial charge in [-0.2, -0.15) is 13.2 Å². The summed E-state index contributed by atoms with van der Waals surface area (Å²) in [6, 6.07) is 15.9. The van der Waals surface area contributed by atoms with Crippen LogP contribution in [0.2, 0.25) is 0 Å². The fraction of sp³-hybridized carbons (Fsp3) is 0.417. The topological polar surface area (TPSA) is 3.24 Å². The summed E-state index contributed by atoms with van der Waals surface area (Å²) in [5.74, 6) is 0.667. The minimum atomic E-state index is -4.33. The molecule has 0 heterocycles. The predicted molar refractivity (Wildman–Crippen MR) is 109 cm³/mol. The summed E-state index contributed by atoms with van der Waals surface area (Å²) in [5, 5.41) is 0. The van der Waals surface area contributed by atoms with Crippen LogP contribution in [0.3, 0.4) is 0 Å². The van der Waals surface area contributed by atoms with E-state index in [1.165, 1.54) is 25.0 Å². The van der Waals surface area contributed by atoms with E-state index in [4.69, 9.17) is 0 Å². The molecule has 1 atom stereocenters. The van der Waals surface area contributed by atoms with Gasteiger partial charge in [0, 0.05) is 12.1 Å². The molecule has 0 aliphatic heterocycles. The molecule has 1 fully saturated rings. The normalized spacial score (nSPS) is 17.2. The second-order valence-corrected chi connectivity index (χ2v) is 7.80. The fourth-order valence-electron chi connectivity index (χ4n) is 3.91. The first-order valence-electron chi connectivity index (χ1n) is 9.96. The van der Waals surface area contributed by atoms with Gasteiger partial charge in [-0.1, -0.05) is 61.5 Å². The molecule has 150 valence electrons. The Labute approximate surface area is 165 Å². The molecule has 0 spiro atoms. The Balaban J connectivity index is 1.94. The Morgan fingerprint density at radius 2 is 1.68 bits per heavy atom. The third-order valence-electron chi connectivity index (χ3n) is 5.84. The Morgan fingerprint density at radius 1 is 1.00 bits per heavy atom. The first-order valence-corrected chi connectivity index (χ1v) is 9.96. The van der Waals surface area contributed by atoms with E-state index < -0.39 is 17.3 Å². The van der Waals surface area contributed by atoms with Crippen molar-refractivity contribution >= 4 is 6.08 Å². The molecule has 4 heteroatoms. The lowest BCUT2D eigenvalue weighted by Crippen LogP contribution is -2.44. The number of alkyl halides is 3. The Hall–Kier alpha value is -2.07. The smallest absolute Gasteiger partial charge is 0.296 e. The largest absolute Gasteiger partial charge is 0.416 e. The highest BCUT2D eigenvalue weighted by atomic mass is 19.4. The van der Waals surface area contributed by atoms with Crippen molar-refractivity contribution in [1.82, 2.24) is 4.90 Å².